The fourth-order valence-corrected chi connectivity index (χ4v) is 3.41. The number of rotatable bonds is 1. The van der Waals surface area contributed by atoms with E-state index in [-0.39, 0.29) is 5.92 Å². The van der Waals surface area contributed by atoms with Gasteiger partial charge in [0.15, 0.2) is 0 Å². The van der Waals surface area contributed by atoms with E-state index in [1.807, 2.05) is 54.6 Å². The second kappa shape index (κ2) is 5.35. The minimum Gasteiger partial charge on any atom is -0.457 e. The molecule has 1 nitrogen and oxygen atoms in total. The minimum absolute atomic E-state index is 0.0207. The highest BCUT2D eigenvalue weighted by molar-refractivity contribution is 6.42. The highest BCUT2D eigenvalue weighted by atomic mass is 35.5. The monoisotopic (exact) mass is 326 g/mol. The van der Waals surface area contributed by atoms with Gasteiger partial charge in [-0.3, -0.25) is 0 Å². The van der Waals surface area contributed by atoms with E-state index in [0.717, 1.165) is 28.2 Å². The first-order chi connectivity index (χ1) is 10.8. The molecule has 0 fully saturated rings. The van der Waals surface area contributed by atoms with Crippen molar-refractivity contribution in [1.29, 1.82) is 0 Å². The smallest absolute Gasteiger partial charge is 0.131 e. The summed E-state index contributed by atoms with van der Waals surface area (Å²) >= 11 is 12.7. The molecule has 0 atom stereocenters. The summed E-state index contributed by atoms with van der Waals surface area (Å²) in [7, 11) is 0. The normalized spacial score (nSPS) is 13.2. The highest BCUT2D eigenvalue weighted by Gasteiger charge is 2.29. The molecule has 0 amide bonds. The summed E-state index contributed by atoms with van der Waals surface area (Å²) in [5, 5.41) is 1.17. The fourth-order valence-electron chi connectivity index (χ4n) is 2.99. The Hall–Kier alpha value is -1.96. The molecule has 0 aliphatic carbocycles. The zero-order valence-electron chi connectivity index (χ0n) is 11.6. The summed E-state index contributed by atoms with van der Waals surface area (Å²) in [5.74, 6) is 1.75. The van der Waals surface area contributed by atoms with E-state index in [9.17, 15) is 0 Å². The largest absolute Gasteiger partial charge is 0.457 e. The predicted octanol–water partition coefficient (Wildman–Crippen LogP) is 6.28. The van der Waals surface area contributed by atoms with Gasteiger partial charge < -0.3 is 4.74 Å². The van der Waals surface area contributed by atoms with Gasteiger partial charge in [-0.2, -0.15) is 0 Å². The van der Waals surface area contributed by atoms with Crippen molar-refractivity contribution in [2.75, 3.05) is 0 Å². The number of halogens is 2. The Bertz CT molecular complexity index is 812. The van der Waals surface area contributed by atoms with Crippen molar-refractivity contribution in [2.24, 2.45) is 0 Å². The second-order valence-electron chi connectivity index (χ2n) is 5.25. The van der Waals surface area contributed by atoms with Crippen LogP contribution in [0.4, 0.5) is 0 Å². The topological polar surface area (TPSA) is 9.23 Å². The van der Waals surface area contributed by atoms with Crippen LogP contribution in [0.3, 0.4) is 0 Å². The van der Waals surface area contributed by atoms with E-state index in [4.69, 9.17) is 27.9 Å². The molecule has 0 N–H and O–H groups in total. The number of hydrogen-bond acceptors (Lipinski definition) is 1. The van der Waals surface area contributed by atoms with Gasteiger partial charge in [0.05, 0.1) is 10.0 Å². The quantitative estimate of drug-likeness (QED) is 0.400. The molecule has 3 aromatic rings. The first kappa shape index (κ1) is 13.7. The molecule has 22 heavy (non-hydrogen) atoms. The molecule has 0 spiro atoms. The van der Waals surface area contributed by atoms with E-state index < -0.39 is 0 Å². The van der Waals surface area contributed by atoms with Gasteiger partial charge in [-0.1, -0.05) is 71.7 Å². The maximum Gasteiger partial charge on any atom is 0.131 e. The van der Waals surface area contributed by atoms with Crippen molar-refractivity contribution in [3.63, 3.8) is 0 Å². The fraction of sp³-hybridized carbons (Fsp3) is 0.0526. The average Bonchev–Trinajstić information content (AvgIpc) is 2.55. The van der Waals surface area contributed by atoms with Gasteiger partial charge in [0.1, 0.15) is 11.5 Å². The van der Waals surface area contributed by atoms with Gasteiger partial charge in [-0.05, 0) is 23.8 Å². The van der Waals surface area contributed by atoms with E-state index in [1.165, 1.54) is 0 Å². The van der Waals surface area contributed by atoms with Crippen LogP contribution in [0, 0.1) is 0 Å². The van der Waals surface area contributed by atoms with E-state index in [1.54, 1.807) is 0 Å². The standard InChI is InChI=1S/C19H12Cl2O/c20-15-9-5-8-14(19(15)21)18-12-6-1-3-10-16(12)22-17-11-4-2-7-13(17)18/h1-11,18H. The summed E-state index contributed by atoms with van der Waals surface area (Å²) in [5.41, 5.74) is 3.20. The lowest BCUT2D eigenvalue weighted by atomic mass is 9.82. The predicted molar refractivity (Wildman–Crippen MR) is 90.4 cm³/mol. The van der Waals surface area contributed by atoms with Crippen LogP contribution in [0.1, 0.15) is 22.6 Å². The van der Waals surface area contributed by atoms with Gasteiger partial charge in [-0.25, -0.2) is 0 Å². The molecule has 1 heterocycles. The Morgan fingerprint density at radius 3 is 1.82 bits per heavy atom. The third-order valence-corrected chi connectivity index (χ3v) is 4.81. The molecule has 0 radical (unpaired) electrons. The third kappa shape index (κ3) is 2.09. The molecule has 0 unspecified atom stereocenters. The molecule has 0 saturated carbocycles. The zero-order valence-corrected chi connectivity index (χ0v) is 13.1. The summed E-state index contributed by atoms with van der Waals surface area (Å²) in [6.07, 6.45) is 0. The van der Waals surface area contributed by atoms with Crippen molar-refractivity contribution >= 4 is 23.2 Å². The number of para-hydroxylation sites is 2. The van der Waals surface area contributed by atoms with E-state index in [0.29, 0.717) is 10.0 Å². The van der Waals surface area contributed by atoms with Crippen molar-refractivity contribution in [1.82, 2.24) is 0 Å². The molecule has 0 bridgehead atoms. The summed E-state index contributed by atoms with van der Waals surface area (Å²) in [4.78, 5) is 0. The number of benzene rings is 3. The van der Waals surface area contributed by atoms with Crippen molar-refractivity contribution < 1.29 is 4.74 Å². The number of ether oxygens (including phenoxy) is 1. The van der Waals surface area contributed by atoms with E-state index in [2.05, 4.69) is 12.1 Å². The van der Waals surface area contributed by atoms with Gasteiger partial charge in [0, 0.05) is 17.0 Å². The first-order valence-electron chi connectivity index (χ1n) is 7.05. The summed E-state index contributed by atoms with van der Waals surface area (Å²) in [6, 6.07) is 21.9. The third-order valence-electron chi connectivity index (χ3n) is 3.97. The SMILES string of the molecule is Clc1cccc(C2c3ccccc3Oc3ccccc32)c1Cl. The lowest BCUT2D eigenvalue weighted by molar-refractivity contribution is 0.453. The van der Waals surface area contributed by atoms with Crippen LogP contribution in [0.2, 0.25) is 10.0 Å². The van der Waals surface area contributed by atoms with Crippen LogP contribution < -0.4 is 4.74 Å². The maximum absolute atomic E-state index is 6.49. The molecule has 1 aliphatic heterocycles. The van der Waals surface area contributed by atoms with Crippen LogP contribution in [-0.2, 0) is 0 Å². The van der Waals surface area contributed by atoms with Crippen LogP contribution in [0.15, 0.2) is 66.7 Å². The van der Waals surface area contributed by atoms with E-state index >= 15 is 0 Å². The van der Waals surface area contributed by atoms with Crippen LogP contribution in [-0.4, -0.2) is 0 Å². The van der Waals surface area contributed by atoms with Gasteiger partial charge in [0.25, 0.3) is 0 Å². The van der Waals surface area contributed by atoms with Gasteiger partial charge in [-0.15, -0.1) is 0 Å². The molecule has 3 heteroatoms. The molecule has 1 aliphatic rings. The molecular weight excluding hydrogens is 315 g/mol. The maximum atomic E-state index is 6.49. The van der Waals surface area contributed by atoms with Crippen LogP contribution in [0.5, 0.6) is 11.5 Å². The minimum atomic E-state index is 0.0207. The molecule has 0 aromatic heterocycles. The van der Waals surface area contributed by atoms with Gasteiger partial charge in [0.2, 0.25) is 0 Å². The number of hydrogen-bond donors (Lipinski definition) is 0. The summed E-state index contributed by atoms with van der Waals surface area (Å²) < 4.78 is 6.02. The molecule has 108 valence electrons. The van der Waals surface area contributed by atoms with Crippen molar-refractivity contribution in [2.45, 2.75) is 5.92 Å². The Morgan fingerprint density at radius 2 is 1.18 bits per heavy atom. The molecule has 0 saturated heterocycles. The van der Waals surface area contributed by atoms with Crippen molar-refractivity contribution in [3.8, 4) is 11.5 Å². The zero-order chi connectivity index (χ0) is 15.1. The Labute approximate surface area is 139 Å². The average molecular weight is 327 g/mol. The van der Waals surface area contributed by atoms with Crippen LogP contribution in [0.25, 0.3) is 0 Å². The Morgan fingerprint density at radius 1 is 0.636 bits per heavy atom. The molecule has 3 aromatic carbocycles. The molecular formula is C19H12Cl2O. The first-order valence-corrected chi connectivity index (χ1v) is 7.81. The number of fused-ring (bicyclic) bond motifs is 2. The van der Waals surface area contributed by atoms with Gasteiger partial charge >= 0.3 is 0 Å². The van der Waals surface area contributed by atoms with Crippen LogP contribution >= 0.6 is 23.2 Å². The highest BCUT2D eigenvalue weighted by Crippen LogP contribution is 2.49. The lowest BCUT2D eigenvalue weighted by Gasteiger charge is -2.29. The second-order valence-corrected chi connectivity index (χ2v) is 6.04. The Balaban J connectivity index is 2.01. The Kier molecular flexibility index (Phi) is 3.33. The summed E-state index contributed by atoms with van der Waals surface area (Å²) in [6.45, 7) is 0. The molecule has 4 rings (SSSR count). The van der Waals surface area contributed by atoms with Crippen molar-refractivity contribution in [3.05, 3.63) is 93.5 Å². The lowest BCUT2D eigenvalue weighted by Crippen LogP contribution is -2.11.